The number of nitrogens with one attached hydrogen (secondary N) is 1. The monoisotopic (exact) mass is 338 g/mol. The lowest BCUT2D eigenvalue weighted by molar-refractivity contribution is -0.119. The van der Waals surface area contributed by atoms with Crippen LogP contribution in [0.4, 0.5) is 5.82 Å². The number of hydrogen-bond donors (Lipinski definition) is 1. The minimum atomic E-state index is -3.49. The van der Waals surface area contributed by atoms with E-state index in [1.807, 2.05) is 6.07 Å². The zero-order valence-corrected chi connectivity index (χ0v) is 13.7. The lowest BCUT2D eigenvalue weighted by Crippen LogP contribution is -2.42. The van der Waals surface area contributed by atoms with Gasteiger partial charge in [-0.3, -0.25) is 9.20 Å². The molecule has 3 rings (SSSR count). The molecule has 3 heterocycles. The van der Waals surface area contributed by atoms with Crippen molar-refractivity contribution in [1.82, 2.24) is 13.7 Å². The summed E-state index contributed by atoms with van der Waals surface area (Å²) in [7, 11) is -1.98. The molecule has 0 aliphatic carbocycles. The van der Waals surface area contributed by atoms with Crippen molar-refractivity contribution >= 4 is 27.4 Å². The molecule has 1 aliphatic heterocycles. The Morgan fingerprint density at radius 2 is 2.22 bits per heavy atom. The molecule has 9 heteroatoms. The number of carbonyl (C=O) groups is 1. The van der Waals surface area contributed by atoms with Crippen LogP contribution in [0.3, 0.4) is 0 Å². The maximum Gasteiger partial charge on any atom is 0.244 e. The highest BCUT2D eigenvalue weighted by molar-refractivity contribution is 7.88. The van der Waals surface area contributed by atoms with Gasteiger partial charge in [0.15, 0.2) is 0 Å². The number of methoxy groups -OCH3 is 1. The van der Waals surface area contributed by atoms with Gasteiger partial charge in [-0.05, 0) is 12.1 Å². The van der Waals surface area contributed by atoms with Crippen LogP contribution in [0.2, 0.25) is 0 Å². The summed E-state index contributed by atoms with van der Waals surface area (Å²) < 4.78 is 32.0. The summed E-state index contributed by atoms with van der Waals surface area (Å²) in [5.74, 6) is 0.162. The molecule has 0 bridgehead atoms. The summed E-state index contributed by atoms with van der Waals surface area (Å²) in [6, 6.07) is 4.54. The molecule has 23 heavy (non-hydrogen) atoms. The first-order valence-electron chi connectivity index (χ1n) is 7.12. The first-order chi connectivity index (χ1) is 10.9. The number of fused-ring (bicyclic) bond motifs is 1. The van der Waals surface area contributed by atoms with Gasteiger partial charge in [-0.15, -0.1) is 0 Å². The lowest BCUT2D eigenvalue weighted by atomic mass is 10.2. The molecule has 0 radical (unpaired) electrons. The molecule has 0 spiro atoms. The third kappa shape index (κ3) is 3.07. The van der Waals surface area contributed by atoms with Gasteiger partial charge in [-0.1, -0.05) is 6.07 Å². The first-order valence-corrected chi connectivity index (χ1v) is 8.97. The standard InChI is InChI=1S/C14H18N4O4S/c1-22-10-8-11(18(9-10)23(2,20)21)14(19)16-13-5-3-4-12-15-6-7-17(12)13/h3-7,10-11H,8-9H2,1-2H3,(H,16,19)/t10-,11+/m0/s1. The van der Waals surface area contributed by atoms with E-state index in [0.717, 1.165) is 6.26 Å². The zero-order valence-electron chi connectivity index (χ0n) is 12.8. The predicted molar refractivity (Wildman–Crippen MR) is 84.6 cm³/mol. The predicted octanol–water partition coefficient (Wildman–Crippen LogP) is 0.322. The number of carbonyl (C=O) groups excluding carboxylic acids is 1. The topological polar surface area (TPSA) is 93.0 Å². The summed E-state index contributed by atoms with van der Waals surface area (Å²) in [6.07, 6.45) is 4.50. The number of imidazole rings is 1. The Kier molecular flexibility index (Phi) is 4.09. The first kappa shape index (κ1) is 15.9. The molecular formula is C14H18N4O4S. The van der Waals surface area contributed by atoms with Crippen LogP contribution in [0.25, 0.3) is 5.65 Å². The molecule has 0 unspecified atom stereocenters. The minimum absolute atomic E-state index is 0.183. The third-order valence-electron chi connectivity index (χ3n) is 3.96. The number of amides is 1. The highest BCUT2D eigenvalue weighted by Crippen LogP contribution is 2.24. The van der Waals surface area contributed by atoms with E-state index in [0.29, 0.717) is 17.9 Å². The Balaban J connectivity index is 1.85. The average Bonchev–Trinajstić information content (AvgIpc) is 3.13. The fourth-order valence-corrected chi connectivity index (χ4v) is 3.88. The molecule has 1 amide bonds. The van der Waals surface area contributed by atoms with Crippen molar-refractivity contribution in [3.63, 3.8) is 0 Å². The van der Waals surface area contributed by atoms with Crippen molar-refractivity contribution in [2.75, 3.05) is 25.2 Å². The maximum absolute atomic E-state index is 12.6. The molecule has 2 atom stereocenters. The van der Waals surface area contributed by atoms with E-state index in [1.54, 1.807) is 28.9 Å². The third-order valence-corrected chi connectivity index (χ3v) is 5.21. The SMILES string of the molecule is CO[C@H]1C[C@H](C(=O)Nc2cccc3nccn23)N(S(C)(=O)=O)C1. The number of sulfonamides is 1. The average molecular weight is 338 g/mol. The van der Waals surface area contributed by atoms with Gasteiger partial charge in [-0.2, -0.15) is 4.31 Å². The number of anilines is 1. The molecule has 0 saturated carbocycles. The number of aromatic nitrogens is 2. The van der Waals surface area contributed by atoms with Crippen LogP contribution in [0.1, 0.15) is 6.42 Å². The van der Waals surface area contributed by atoms with Crippen molar-refractivity contribution in [3.8, 4) is 0 Å². The molecule has 1 aliphatic rings. The molecule has 2 aromatic heterocycles. The second-order valence-electron chi connectivity index (χ2n) is 5.50. The van der Waals surface area contributed by atoms with Gasteiger partial charge in [-0.25, -0.2) is 13.4 Å². The Labute approximate surface area is 134 Å². The largest absolute Gasteiger partial charge is 0.380 e. The molecule has 0 aromatic carbocycles. The molecule has 1 saturated heterocycles. The summed E-state index contributed by atoms with van der Waals surface area (Å²) in [5, 5.41) is 2.78. The van der Waals surface area contributed by atoms with Gasteiger partial charge in [0.05, 0.1) is 12.4 Å². The second-order valence-corrected chi connectivity index (χ2v) is 7.43. The summed E-state index contributed by atoms with van der Waals surface area (Å²) >= 11 is 0. The van der Waals surface area contributed by atoms with E-state index in [-0.39, 0.29) is 18.6 Å². The van der Waals surface area contributed by atoms with Gasteiger partial charge < -0.3 is 10.1 Å². The number of ether oxygens (including phenoxy) is 1. The van der Waals surface area contributed by atoms with Gasteiger partial charge in [0, 0.05) is 32.5 Å². The van der Waals surface area contributed by atoms with Crippen LogP contribution in [-0.2, 0) is 19.6 Å². The fraction of sp³-hybridized carbons (Fsp3) is 0.429. The van der Waals surface area contributed by atoms with Gasteiger partial charge >= 0.3 is 0 Å². The summed E-state index contributed by atoms with van der Waals surface area (Å²) in [5.41, 5.74) is 0.698. The van der Waals surface area contributed by atoms with Crippen molar-refractivity contribution in [2.24, 2.45) is 0 Å². The molecule has 124 valence electrons. The fourth-order valence-electron chi connectivity index (χ4n) is 2.80. The van der Waals surface area contributed by atoms with Crippen LogP contribution in [0.5, 0.6) is 0 Å². The highest BCUT2D eigenvalue weighted by atomic mass is 32.2. The van der Waals surface area contributed by atoms with E-state index in [4.69, 9.17) is 4.74 Å². The van der Waals surface area contributed by atoms with Crippen molar-refractivity contribution in [2.45, 2.75) is 18.6 Å². The summed E-state index contributed by atoms with van der Waals surface area (Å²) in [6.45, 7) is 0.183. The number of rotatable bonds is 4. The second kappa shape index (κ2) is 5.91. The normalized spacial score (nSPS) is 22.5. The van der Waals surface area contributed by atoms with E-state index in [1.165, 1.54) is 11.4 Å². The zero-order chi connectivity index (χ0) is 16.6. The van der Waals surface area contributed by atoms with Gasteiger partial charge in [0.25, 0.3) is 0 Å². The van der Waals surface area contributed by atoms with E-state index < -0.39 is 16.1 Å². The van der Waals surface area contributed by atoms with Crippen LogP contribution in [-0.4, -0.2) is 60.1 Å². The van der Waals surface area contributed by atoms with Gasteiger partial charge in [0.2, 0.25) is 15.9 Å². The van der Waals surface area contributed by atoms with Gasteiger partial charge in [0.1, 0.15) is 17.5 Å². The number of nitrogens with zero attached hydrogens (tertiary/aromatic N) is 3. The van der Waals surface area contributed by atoms with E-state index >= 15 is 0 Å². The van der Waals surface area contributed by atoms with Crippen LogP contribution < -0.4 is 5.32 Å². The van der Waals surface area contributed by atoms with Crippen LogP contribution in [0, 0.1) is 0 Å². The number of hydrogen-bond acceptors (Lipinski definition) is 5. The Morgan fingerprint density at radius 1 is 1.43 bits per heavy atom. The van der Waals surface area contributed by atoms with E-state index in [2.05, 4.69) is 10.3 Å². The Morgan fingerprint density at radius 3 is 2.91 bits per heavy atom. The minimum Gasteiger partial charge on any atom is -0.380 e. The smallest absolute Gasteiger partial charge is 0.244 e. The maximum atomic E-state index is 12.6. The van der Waals surface area contributed by atoms with E-state index in [9.17, 15) is 13.2 Å². The molecule has 8 nitrogen and oxygen atoms in total. The van der Waals surface area contributed by atoms with Crippen LogP contribution in [0.15, 0.2) is 30.6 Å². The van der Waals surface area contributed by atoms with Crippen molar-refractivity contribution < 1.29 is 17.9 Å². The molecular weight excluding hydrogens is 320 g/mol. The molecule has 2 aromatic rings. The lowest BCUT2D eigenvalue weighted by Gasteiger charge is -2.21. The van der Waals surface area contributed by atoms with Crippen molar-refractivity contribution in [3.05, 3.63) is 30.6 Å². The van der Waals surface area contributed by atoms with Crippen molar-refractivity contribution in [1.29, 1.82) is 0 Å². The summed E-state index contributed by atoms with van der Waals surface area (Å²) in [4.78, 5) is 16.7. The quantitative estimate of drug-likeness (QED) is 0.867. The molecule has 1 fully saturated rings. The Hall–Kier alpha value is -1.97. The van der Waals surface area contributed by atoms with Crippen LogP contribution >= 0.6 is 0 Å². The molecule has 1 N–H and O–H groups in total. The highest BCUT2D eigenvalue weighted by Gasteiger charge is 2.41. The number of pyridine rings is 1. The Bertz CT molecular complexity index is 832.